The first kappa shape index (κ1) is 19.4. The Morgan fingerprint density at radius 2 is 1.84 bits per heavy atom. The summed E-state index contributed by atoms with van der Waals surface area (Å²) < 4.78 is 24.3. The Hall–Kier alpha value is -1.89. The van der Waals surface area contributed by atoms with Gasteiger partial charge < -0.3 is 10.0 Å². The van der Waals surface area contributed by atoms with Crippen LogP contribution in [0.2, 0.25) is 0 Å². The lowest BCUT2D eigenvalue weighted by Crippen LogP contribution is -2.44. The number of hydrogen-bond donors (Lipinski definition) is 1. The number of carboxylic acid groups (broad SMARTS) is 1. The average Bonchev–Trinajstić information content (AvgIpc) is 2.59. The van der Waals surface area contributed by atoms with Crippen molar-refractivity contribution in [1.82, 2.24) is 4.90 Å². The number of nitrogens with zero attached hydrogens (tertiary/aromatic N) is 1. The minimum absolute atomic E-state index is 0.0417. The fourth-order valence-corrected chi connectivity index (χ4v) is 4.14. The molecule has 1 amide bonds. The van der Waals surface area contributed by atoms with Gasteiger partial charge in [0, 0.05) is 24.6 Å². The van der Waals surface area contributed by atoms with Crippen molar-refractivity contribution in [2.45, 2.75) is 62.1 Å². The Morgan fingerprint density at radius 1 is 1.20 bits per heavy atom. The Bertz CT molecular complexity index is 724. The Balaban J connectivity index is 2.16. The number of benzene rings is 1. The Morgan fingerprint density at radius 3 is 2.40 bits per heavy atom. The average molecular weight is 367 g/mol. The zero-order valence-electron chi connectivity index (χ0n) is 14.6. The molecule has 7 heteroatoms. The van der Waals surface area contributed by atoms with Gasteiger partial charge in [-0.05, 0) is 63.8 Å². The highest BCUT2D eigenvalue weighted by Crippen LogP contribution is 2.24. The van der Waals surface area contributed by atoms with Crippen LogP contribution in [-0.4, -0.2) is 48.1 Å². The van der Waals surface area contributed by atoms with Crippen molar-refractivity contribution < 1.29 is 23.1 Å². The van der Waals surface area contributed by atoms with Crippen LogP contribution in [0.15, 0.2) is 29.2 Å². The number of hydrogen-bond acceptors (Lipinski definition) is 4. The standard InChI is InChI=1S/C18H25NO5S/c1-13(2)25(23,24)16-9-6-14(7-10-16)18(22)19-12-4-3-5-15(19)8-11-17(20)21/h6-7,9-10,13,15H,3-5,8,11-12H2,1-2H3,(H,20,21). The zero-order valence-corrected chi connectivity index (χ0v) is 15.5. The van der Waals surface area contributed by atoms with E-state index in [-0.39, 0.29) is 23.3 Å². The van der Waals surface area contributed by atoms with E-state index in [0.29, 0.717) is 18.5 Å². The molecule has 2 rings (SSSR count). The predicted molar refractivity (Wildman–Crippen MR) is 94.3 cm³/mol. The number of carbonyl (C=O) groups excluding carboxylic acids is 1. The van der Waals surface area contributed by atoms with Gasteiger partial charge in [0.25, 0.3) is 5.91 Å². The number of likely N-dealkylation sites (tertiary alicyclic amines) is 1. The maximum atomic E-state index is 12.8. The van der Waals surface area contributed by atoms with Gasteiger partial charge in [0.2, 0.25) is 0 Å². The second kappa shape index (κ2) is 7.99. The number of carbonyl (C=O) groups is 2. The highest BCUT2D eigenvalue weighted by molar-refractivity contribution is 7.92. The van der Waals surface area contributed by atoms with Crippen LogP contribution in [0.1, 0.15) is 56.3 Å². The third-order valence-electron chi connectivity index (χ3n) is 4.63. The summed E-state index contributed by atoms with van der Waals surface area (Å²) in [6, 6.07) is 5.95. The van der Waals surface area contributed by atoms with E-state index < -0.39 is 21.1 Å². The molecular formula is C18H25NO5S. The van der Waals surface area contributed by atoms with E-state index in [1.165, 1.54) is 12.1 Å². The summed E-state index contributed by atoms with van der Waals surface area (Å²) in [4.78, 5) is 25.5. The van der Waals surface area contributed by atoms with Crippen LogP contribution in [0.25, 0.3) is 0 Å². The summed E-state index contributed by atoms with van der Waals surface area (Å²) in [5, 5.41) is 8.36. The van der Waals surface area contributed by atoms with Gasteiger partial charge in [0.05, 0.1) is 10.1 Å². The van der Waals surface area contributed by atoms with E-state index in [9.17, 15) is 18.0 Å². The number of amides is 1. The van der Waals surface area contributed by atoms with Crippen LogP contribution in [0.3, 0.4) is 0 Å². The lowest BCUT2D eigenvalue weighted by Gasteiger charge is -2.35. The molecule has 138 valence electrons. The maximum Gasteiger partial charge on any atom is 0.303 e. The van der Waals surface area contributed by atoms with E-state index in [1.54, 1.807) is 30.9 Å². The van der Waals surface area contributed by atoms with Crippen LogP contribution in [0, 0.1) is 0 Å². The molecule has 0 radical (unpaired) electrons. The van der Waals surface area contributed by atoms with Crippen LogP contribution in [0.5, 0.6) is 0 Å². The Labute approximate surface area is 148 Å². The van der Waals surface area contributed by atoms with Crippen molar-refractivity contribution >= 4 is 21.7 Å². The number of aliphatic carboxylic acids is 1. The van der Waals surface area contributed by atoms with E-state index in [0.717, 1.165) is 19.3 Å². The van der Waals surface area contributed by atoms with Gasteiger partial charge in [-0.3, -0.25) is 9.59 Å². The van der Waals surface area contributed by atoms with Gasteiger partial charge in [0.15, 0.2) is 9.84 Å². The van der Waals surface area contributed by atoms with E-state index in [1.807, 2.05) is 0 Å². The van der Waals surface area contributed by atoms with Crippen molar-refractivity contribution in [3.63, 3.8) is 0 Å². The second-order valence-electron chi connectivity index (χ2n) is 6.70. The smallest absolute Gasteiger partial charge is 0.303 e. The van der Waals surface area contributed by atoms with Crippen molar-refractivity contribution in [3.05, 3.63) is 29.8 Å². The number of sulfone groups is 1. The second-order valence-corrected chi connectivity index (χ2v) is 9.20. The summed E-state index contributed by atoms with van der Waals surface area (Å²) in [5.41, 5.74) is 0.435. The SMILES string of the molecule is CC(C)S(=O)(=O)c1ccc(C(=O)N2CCCCC2CCC(=O)O)cc1. The fraction of sp³-hybridized carbons (Fsp3) is 0.556. The first-order valence-electron chi connectivity index (χ1n) is 8.60. The van der Waals surface area contributed by atoms with Gasteiger partial charge in [-0.2, -0.15) is 0 Å². The summed E-state index contributed by atoms with van der Waals surface area (Å²) in [5.74, 6) is -1.02. The maximum absolute atomic E-state index is 12.8. The topological polar surface area (TPSA) is 91.8 Å². The molecule has 0 aliphatic carbocycles. The van der Waals surface area contributed by atoms with Crippen molar-refractivity contribution in [2.75, 3.05) is 6.54 Å². The van der Waals surface area contributed by atoms with Gasteiger partial charge in [0.1, 0.15) is 0 Å². The van der Waals surface area contributed by atoms with Crippen LogP contribution >= 0.6 is 0 Å². The predicted octanol–water partition coefficient (Wildman–Crippen LogP) is 2.73. The van der Waals surface area contributed by atoms with Gasteiger partial charge in [-0.15, -0.1) is 0 Å². The zero-order chi connectivity index (χ0) is 18.6. The summed E-state index contributed by atoms with van der Waals surface area (Å²) in [6.07, 6.45) is 3.18. The van der Waals surface area contributed by atoms with Crippen molar-refractivity contribution in [1.29, 1.82) is 0 Å². The molecule has 0 saturated carbocycles. The van der Waals surface area contributed by atoms with Crippen LogP contribution < -0.4 is 0 Å². The number of carboxylic acids is 1. The fourth-order valence-electron chi connectivity index (χ4n) is 3.08. The molecular weight excluding hydrogens is 342 g/mol. The quantitative estimate of drug-likeness (QED) is 0.835. The summed E-state index contributed by atoms with van der Waals surface area (Å²) in [7, 11) is -3.36. The Kier molecular flexibility index (Phi) is 6.21. The highest BCUT2D eigenvalue weighted by atomic mass is 32.2. The molecule has 1 N–H and O–H groups in total. The minimum atomic E-state index is -3.36. The molecule has 1 saturated heterocycles. The molecule has 1 heterocycles. The first-order valence-corrected chi connectivity index (χ1v) is 10.1. The molecule has 1 aromatic carbocycles. The van der Waals surface area contributed by atoms with Crippen molar-refractivity contribution in [2.24, 2.45) is 0 Å². The first-order chi connectivity index (χ1) is 11.7. The third kappa shape index (κ3) is 4.60. The molecule has 25 heavy (non-hydrogen) atoms. The van der Waals surface area contributed by atoms with Crippen LogP contribution in [-0.2, 0) is 14.6 Å². The molecule has 1 aliphatic heterocycles. The summed E-state index contributed by atoms with van der Waals surface area (Å²) in [6.45, 7) is 3.85. The van der Waals surface area contributed by atoms with E-state index in [2.05, 4.69) is 0 Å². The summed E-state index contributed by atoms with van der Waals surface area (Å²) >= 11 is 0. The number of rotatable bonds is 6. The van der Waals surface area contributed by atoms with Crippen molar-refractivity contribution in [3.8, 4) is 0 Å². The lowest BCUT2D eigenvalue weighted by molar-refractivity contribution is -0.137. The van der Waals surface area contributed by atoms with E-state index >= 15 is 0 Å². The molecule has 1 atom stereocenters. The molecule has 6 nitrogen and oxygen atoms in total. The molecule has 0 bridgehead atoms. The van der Waals surface area contributed by atoms with E-state index in [4.69, 9.17) is 5.11 Å². The van der Waals surface area contributed by atoms with Gasteiger partial charge in [-0.1, -0.05) is 0 Å². The largest absolute Gasteiger partial charge is 0.481 e. The van der Waals surface area contributed by atoms with Crippen LogP contribution in [0.4, 0.5) is 0 Å². The molecule has 1 aliphatic rings. The number of piperidine rings is 1. The lowest BCUT2D eigenvalue weighted by atomic mass is 9.97. The molecule has 1 unspecified atom stereocenters. The molecule has 0 aromatic heterocycles. The molecule has 0 spiro atoms. The molecule has 1 aromatic rings. The monoisotopic (exact) mass is 367 g/mol. The van der Waals surface area contributed by atoms with Gasteiger partial charge in [-0.25, -0.2) is 8.42 Å². The normalized spacial score (nSPS) is 18.4. The van der Waals surface area contributed by atoms with Gasteiger partial charge >= 0.3 is 5.97 Å². The molecule has 1 fully saturated rings. The highest BCUT2D eigenvalue weighted by Gasteiger charge is 2.28. The third-order valence-corrected chi connectivity index (χ3v) is 6.80. The minimum Gasteiger partial charge on any atom is -0.481 e.